The van der Waals surface area contributed by atoms with Crippen LogP contribution in [0.5, 0.6) is 0 Å². The van der Waals surface area contributed by atoms with E-state index in [1.165, 1.54) is 61.2 Å². The number of rotatable bonds is 7. The van der Waals surface area contributed by atoms with E-state index >= 15 is 0 Å². The molecule has 10 aromatic rings. The number of para-hydroxylation sites is 2. The highest BCUT2D eigenvalue weighted by molar-refractivity contribution is 5.94. The van der Waals surface area contributed by atoms with E-state index in [2.05, 4.69) is 249 Å². The molecule has 12 rings (SSSR count). The SMILES string of the molecule is CC1(C)c2cc(-c3nc4ccccc4cc3-c3ccccc3)ccc2-c2ccc(N(c3ccccc3)c3ccc4c(c3)C(c3ccccc3)(c3ccccc3)c3ccccc3-4)cc21. The number of aromatic nitrogens is 1. The summed E-state index contributed by atoms with van der Waals surface area (Å²) in [6, 6.07) is 84.6. The largest absolute Gasteiger partial charge is 0.310 e. The van der Waals surface area contributed by atoms with Crippen LogP contribution in [0.4, 0.5) is 17.1 Å². The molecule has 0 amide bonds. The number of fused-ring (bicyclic) bond motifs is 7. The Kier molecular flexibility index (Phi) is 8.45. The Bertz CT molecular complexity index is 3310. The molecular formula is C61H44N2. The van der Waals surface area contributed by atoms with Crippen molar-refractivity contribution in [2.24, 2.45) is 0 Å². The van der Waals surface area contributed by atoms with Crippen molar-refractivity contribution in [1.82, 2.24) is 4.98 Å². The molecule has 0 atom stereocenters. The first-order chi connectivity index (χ1) is 31.0. The molecule has 2 heteroatoms. The molecule has 2 aliphatic rings. The van der Waals surface area contributed by atoms with Gasteiger partial charge in [-0.15, -0.1) is 0 Å². The standard InChI is InChI=1S/C61H44N2/c1-60(2)55-38-43(59-53(41-19-7-3-8-20-41)37-42-21-15-18-30-58(42)62-59)31-34-50(55)51-35-32-47(39-56(51)60)63(46-26-13-6-14-27-46)48-33-36-52-49-28-16-17-29-54(49)61(57(52)40-48,44-22-9-4-10-23-44)45-24-11-5-12-25-45/h3-40H,1-2H3. The molecule has 2 nitrogen and oxygen atoms in total. The third-order valence-electron chi connectivity index (χ3n) is 13.7. The molecule has 0 unspecified atom stereocenters. The Morgan fingerprint density at radius 3 is 1.54 bits per heavy atom. The van der Waals surface area contributed by atoms with Gasteiger partial charge in [0.25, 0.3) is 0 Å². The Balaban J connectivity index is 1.01. The number of nitrogens with zero attached hydrogens (tertiary/aromatic N) is 2. The summed E-state index contributed by atoms with van der Waals surface area (Å²) in [7, 11) is 0. The molecule has 9 aromatic carbocycles. The lowest BCUT2D eigenvalue weighted by Crippen LogP contribution is -2.28. The summed E-state index contributed by atoms with van der Waals surface area (Å²) < 4.78 is 0. The van der Waals surface area contributed by atoms with Gasteiger partial charge in [0.1, 0.15) is 0 Å². The Morgan fingerprint density at radius 1 is 0.349 bits per heavy atom. The van der Waals surface area contributed by atoms with Gasteiger partial charge in [0.05, 0.1) is 16.6 Å². The zero-order chi connectivity index (χ0) is 42.1. The van der Waals surface area contributed by atoms with Gasteiger partial charge < -0.3 is 4.90 Å². The molecule has 0 radical (unpaired) electrons. The van der Waals surface area contributed by atoms with Crippen molar-refractivity contribution in [3.63, 3.8) is 0 Å². The van der Waals surface area contributed by atoms with E-state index in [0.29, 0.717) is 0 Å². The van der Waals surface area contributed by atoms with Crippen LogP contribution in [0.15, 0.2) is 231 Å². The smallest absolute Gasteiger partial charge is 0.0788 e. The summed E-state index contributed by atoms with van der Waals surface area (Å²) in [6.07, 6.45) is 0. The van der Waals surface area contributed by atoms with Crippen LogP contribution in [0.3, 0.4) is 0 Å². The van der Waals surface area contributed by atoms with Crippen molar-refractivity contribution < 1.29 is 0 Å². The van der Waals surface area contributed by atoms with Gasteiger partial charge >= 0.3 is 0 Å². The summed E-state index contributed by atoms with van der Waals surface area (Å²) in [5, 5.41) is 1.14. The van der Waals surface area contributed by atoms with Gasteiger partial charge in [-0.1, -0.05) is 190 Å². The van der Waals surface area contributed by atoms with Crippen LogP contribution >= 0.6 is 0 Å². The average molecular weight is 805 g/mol. The van der Waals surface area contributed by atoms with Crippen LogP contribution in [0.25, 0.3) is 55.5 Å². The quantitative estimate of drug-likeness (QED) is 0.160. The number of anilines is 3. The van der Waals surface area contributed by atoms with Crippen molar-refractivity contribution in [3.8, 4) is 44.6 Å². The molecule has 1 aromatic heterocycles. The molecule has 63 heavy (non-hydrogen) atoms. The lowest BCUT2D eigenvalue weighted by Gasteiger charge is -2.35. The third-order valence-corrected chi connectivity index (χ3v) is 13.7. The van der Waals surface area contributed by atoms with E-state index in [1.807, 2.05) is 0 Å². The fourth-order valence-corrected chi connectivity index (χ4v) is 10.8. The van der Waals surface area contributed by atoms with Crippen LogP contribution in [0, 0.1) is 0 Å². The van der Waals surface area contributed by atoms with Crippen molar-refractivity contribution in [2.45, 2.75) is 24.7 Å². The maximum absolute atomic E-state index is 5.33. The average Bonchev–Trinajstić information content (AvgIpc) is 3.77. The van der Waals surface area contributed by atoms with Crippen molar-refractivity contribution in [1.29, 1.82) is 0 Å². The number of benzene rings is 9. The highest BCUT2D eigenvalue weighted by atomic mass is 15.1. The molecule has 0 bridgehead atoms. The van der Waals surface area contributed by atoms with Gasteiger partial charge in [0, 0.05) is 39.0 Å². The molecule has 0 N–H and O–H groups in total. The second-order valence-electron chi connectivity index (χ2n) is 17.5. The topological polar surface area (TPSA) is 16.1 Å². The highest BCUT2D eigenvalue weighted by Crippen LogP contribution is 2.58. The van der Waals surface area contributed by atoms with Gasteiger partial charge in [0.15, 0.2) is 0 Å². The second-order valence-corrected chi connectivity index (χ2v) is 17.5. The normalized spacial score (nSPS) is 13.8. The number of hydrogen-bond acceptors (Lipinski definition) is 2. The van der Waals surface area contributed by atoms with Gasteiger partial charge in [-0.05, 0) is 116 Å². The first-order valence-electron chi connectivity index (χ1n) is 22.0. The lowest BCUT2D eigenvalue weighted by molar-refractivity contribution is 0.660. The highest BCUT2D eigenvalue weighted by Gasteiger charge is 2.46. The molecule has 0 aliphatic heterocycles. The van der Waals surface area contributed by atoms with E-state index < -0.39 is 5.41 Å². The van der Waals surface area contributed by atoms with Crippen molar-refractivity contribution >= 4 is 28.0 Å². The Morgan fingerprint density at radius 2 is 0.857 bits per heavy atom. The van der Waals surface area contributed by atoms with E-state index in [4.69, 9.17) is 4.98 Å². The summed E-state index contributed by atoms with van der Waals surface area (Å²) in [5.74, 6) is 0. The summed E-state index contributed by atoms with van der Waals surface area (Å²) in [5.41, 5.74) is 20.9. The molecular weight excluding hydrogens is 761 g/mol. The Labute approximate surface area is 369 Å². The predicted molar refractivity (Wildman–Crippen MR) is 262 cm³/mol. The minimum absolute atomic E-state index is 0.266. The number of hydrogen-bond donors (Lipinski definition) is 0. The minimum atomic E-state index is -0.494. The maximum Gasteiger partial charge on any atom is 0.0788 e. The molecule has 1 heterocycles. The zero-order valence-corrected chi connectivity index (χ0v) is 35.3. The van der Waals surface area contributed by atoms with Gasteiger partial charge in [-0.2, -0.15) is 0 Å². The maximum atomic E-state index is 5.33. The van der Waals surface area contributed by atoms with Crippen LogP contribution in [-0.4, -0.2) is 4.98 Å². The first-order valence-corrected chi connectivity index (χ1v) is 22.0. The van der Waals surface area contributed by atoms with Gasteiger partial charge in [-0.25, -0.2) is 4.98 Å². The van der Waals surface area contributed by atoms with Gasteiger partial charge in [-0.3, -0.25) is 0 Å². The van der Waals surface area contributed by atoms with Crippen molar-refractivity contribution in [2.75, 3.05) is 4.90 Å². The summed E-state index contributed by atoms with van der Waals surface area (Å²) in [4.78, 5) is 7.77. The van der Waals surface area contributed by atoms with Crippen LogP contribution in [-0.2, 0) is 10.8 Å². The zero-order valence-electron chi connectivity index (χ0n) is 35.3. The van der Waals surface area contributed by atoms with Crippen molar-refractivity contribution in [3.05, 3.63) is 264 Å². The van der Waals surface area contributed by atoms with E-state index in [1.54, 1.807) is 0 Å². The molecule has 0 fully saturated rings. The van der Waals surface area contributed by atoms with E-state index in [9.17, 15) is 0 Å². The summed E-state index contributed by atoms with van der Waals surface area (Å²) in [6.45, 7) is 4.76. The monoisotopic (exact) mass is 804 g/mol. The van der Waals surface area contributed by atoms with Crippen LogP contribution < -0.4 is 4.90 Å². The minimum Gasteiger partial charge on any atom is -0.310 e. The summed E-state index contributed by atoms with van der Waals surface area (Å²) >= 11 is 0. The van der Waals surface area contributed by atoms with E-state index in [-0.39, 0.29) is 5.41 Å². The predicted octanol–water partition coefficient (Wildman–Crippen LogP) is 15.7. The fourth-order valence-electron chi connectivity index (χ4n) is 10.8. The fraction of sp³-hybridized carbons (Fsp3) is 0.0656. The molecule has 2 aliphatic carbocycles. The van der Waals surface area contributed by atoms with Gasteiger partial charge in [0.2, 0.25) is 0 Å². The molecule has 298 valence electrons. The second kappa shape index (κ2) is 14.4. The first kappa shape index (κ1) is 37.0. The molecule has 0 saturated carbocycles. The Hall–Kier alpha value is -7.81. The lowest BCUT2D eigenvalue weighted by atomic mass is 9.67. The molecule has 0 spiro atoms. The van der Waals surface area contributed by atoms with E-state index in [0.717, 1.165) is 44.8 Å². The van der Waals surface area contributed by atoms with Crippen LogP contribution in [0.1, 0.15) is 47.2 Å². The molecule has 0 saturated heterocycles. The third kappa shape index (κ3) is 5.68. The number of pyridine rings is 1. The van der Waals surface area contributed by atoms with Crippen LogP contribution in [0.2, 0.25) is 0 Å².